The zero-order chi connectivity index (χ0) is 14.7. The molecular formula is C13H17N5O3. The summed E-state index contributed by atoms with van der Waals surface area (Å²) >= 11 is 0. The SMILES string of the molecule is Cc1cc(NC(=O)N2CCOC(Cn3cccn3)C2)on1. The average molecular weight is 291 g/mol. The number of nitrogens with zero attached hydrogens (tertiary/aromatic N) is 4. The van der Waals surface area contributed by atoms with Gasteiger partial charge in [0, 0.05) is 25.0 Å². The minimum Gasteiger partial charge on any atom is -0.373 e. The summed E-state index contributed by atoms with van der Waals surface area (Å²) < 4.78 is 12.4. The van der Waals surface area contributed by atoms with Crippen LogP contribution in [0.3, 0.4) is 0 Å². The Hall–Kier alpha value is -2.35. The summed E-state index contributed by atoms with van der Waals surface area (Å²) in [4.78, 5) is 13.9. The van der Waals surface area contributed by atoms with E-state index in [1.54, 1.807) is 28.8 Å². The molecule has 21 heavy (non-hydrogen) atoms. The minimum atomic E-state index is -0.208. The first-order chi connectivity index (χ1) is 10.2. The number of rotatable bonds is 3. The van der Waals surface area contributed by atoms with Crippen LogP contribution in [0.25, 0.3) is 0 Å². The minimum absolute atomic E-state index is 0.0686. The molecule has 2 aromatic rings. The van der Waals surface area contributed by atoms with Crippen LogP contribution in [0, 0.1) is 6.92 Å². The highest BCUT2D eigenvalue weighted by atomic mass is 16.5. The van der Waals surface area contributed by atoms with Crippen LogP contribution in [-0.2, 0) is 11.3 Å². The monoisotopic (exact) mass is 291 g/mol. The van der Waals surface area contributed by atoms with Crippen LogP contribution in [0.4, 0.5) is 10.7 Å². The molecule has 112 valence electrons. The number of carbonyl (C=O) groups excluding carboxylic acids is 1. The van der Waals surface area contributed by atoms with Crippen LogP contribution >= 0.6 is 0 Å². The number of aryl methyl sites for hydroxylation is 1. The molecule has 0 radical (unpaired) electrons. The summed E-state index contributed by atoms with van der Waals surface area (Å²) in [7, 11) is 0. The molecule has 1 unspecified atom stereocenters. The Balaban J connectivity index is 1.56. The predicted octanol–water partition coefficient (Wildman–Crippen LogP) is 1.11. The van der Waals surface area contributed by atoms with Gasteiger partial charge in [-0.15, -0.1) is 0 Å². The van der Waals surface area contributed by atoms with Crippen molar-refractivity contribution in [3.63, 3.8) is 0 Å². The molecule has 8 heteroatoms. The Bertz CT molecular complexity index is 595. The van der Waals surface area contributed by atoms with Gasteiger partial charge in [0.25, 0.3) is 0 Å². The number of hydrogen-bond donors (Lipinski definition) is 1. The highest BCUT2D eigenvalue weighted by Crippen LogP contribution is 2.12. The van der Waals surface area contributed by atoms with Gasteiger partial charge in [-0.3, -0.25) is 10.00 Å². The summed E-state index contributed by atoms with van der Waals surface area (Å²) in [5.74, 6) is 0.354. The van der Waals surface area contributed by atoms with E-state index in [4.69, 9.17) is 9.26 Å². The molecule has 1 saturated heterocycles. The third-order valence-electron chi connectivity index (χ3n) is 3.23. The lowest BCUT2D eigenvalue weighted by atomic mass is 10.3. The maximum Gasteiger partial charge on any atom is 0.324 e. The lowest BCUT2D eigenvalue weighted by molar-refractivity contribution is -0.0220. The summed E-state index contributed by atoms with van der Waals surface area (Å²) in [5, 5.41) is 10.6. The molecule has 3 rings (SSSR count). The summed E-state index contributed by atoms with van der Waals surface area (Å²) in [6, 6.07) is 3.33. The van der Waals surface area contributed by atoms with Gasteiger partial charge in [-0.1, -0.05) is 5.16 Å². The molecule has 0 spiro atoms. The topological polar surface area (TPSA) is 85.4 Å². The van der Waals surface area contributed by atoms with Gasteiger partial charge in [-0.2, -0.15) is 5.10 Å². The lowest BCUT2D eigenvalue weighted by Crippen LogP contribution is -2.48. The largest absolute Gasteiger partial charge is 0.373 e. The number of morpholine rings is 1. The van der Waals surface area contributed by atoms with Crippen molar-refractivity contribution in [2.24, 2.45) is 0 Å². The van der Waals surface area contributed by atoms with Crippen LogP contribution in [0.1, 0.15) is 5.69 Å². The van der Waals surface area contributed by atoms with Gasteiger partial charge >= 0.3 is 6.03 Å². The second-order valence-corrected chi connectivity index (χ2v) is 4.93. The van der Waals surface area contributed by atoms with E-state index in [9.17, 15) is 4.79 Å². The van der Waals surface area contributed by atoms with Crippen molar-refractivity contribution in [2.45, 2.75) is 19.6 Å². The highest BCUT2D eigenvalue weighted by Gasteiger charge is 2.25. The Morgan fingerprint density at radius 1 is 1.57 bits per heavy atom. The second kappa shape index (κ2) is 5.96. The van der Waals surface area contributed by atoms with Crippen molar-refractivity contribution in [1.29, 1.82) is 0 Å². The van der Waals surface area contributed by atoms with Gasteiger partial charge in [0.1, 0.15) is 0 Å². The maximum absolute atomic E-state index is 12.2. The van der Waals surface area contributed by atoms with Crippen molar-refractivity contribution < 1.29 is 14.1 Å². The standard InChI is InChI=1S/C13H17N5O3/c1-10-7-12(21-16-10)15-13(19)17-5-6-20-11(8-17)9-18-4-2-3-14-18/h2-4,7,11H,5-6,8-9H2,1H3,(H,15,19). The fourth-order valence-corrected chi connectivity index (χ4v) is 2.24. The number of urea groups is 1. The predicted molar refractivity (Wildman–Crippen MR) is 73.8 cm³/mol. The number of anilines is 1. The van der Waals surface area contributed by atoms with Crippen molar-refractivity contribution in [2.75, 3.05) is 25.0 Å². The zero-order valence-electron chi connectivity index (χ0n) is 11.7. The smallest absolute Gasteiger partial charge is 0.324 e. The van der Waals surface area contributed by atoms with E-state index < -0.39 is 0 Å². The third kappa shape index (κ3) is 3.40. The van der Waals surface area contributed by atoms with Crippen molar-refractivity contribution in [1.82, 2.24) is 19.8 Å². The van der Waals surface area contributed by atoms with Gasteiger partial charge in [0.2, 0.25) is 5.88 Å². The van der Waals surface area contributed by atoms with Crippen LogP contribution in [0.5, 0.6) is 0 Å². The van der Waals surface area contributed by atoms with E-state index in [1.165, 1.54) is 0 Å². The molecule has 1 aliphatic heterocycles. The molecule has 2 aromatic heterocycles. The highest BCUT2D eigenvalue weighted by molar-refractivity contribution is 5.87. The Morgan fingerprint density at radius 2 is 2.48 bits per heavy atom. The molecule has 3 heterocycles. The van der Waals surface area contributed by atoms with E-state index in [0.29, 0.717) is 32.1 Å². The number of hydrogen-bond acceptors (Lipinski definition) is 5. The number of aromatic nitrogens is 3. The van der Waals surface area contributed by atoms with E-state index in [0.717, 1.165) is 5.69 Å². The molecule has 1 atom stereocenters. The molecule has 1 aliphatic rings. The molecule has 1 fully saturated rings. The van der Waals surface area contributed by atoms with Crippen LogP contribution < -0.4 is 5.32 Å². The zero-order valence-corrected chi connectivity index (χ0v) is 11.7. The van der Waals surface area contributed by atoms with Crippen LogP contribution in [-0.4, -0.2) is 51.7 Å². The van der Waals surface area contributed by atoms with E-state index in [1.807, 2.05) is 12.3 Å². The first-order valence-corrected chi connectivity index (χ1v) is 6.79. The molecular weight excluding hydrogens is 274 g/mol. The Labute approximate surface area is 121 Å². The first kappa shape index (κ1) is 13.6. The molecule has 1 N–H and O–H groups in total. The number of amides is 2. The lowest BCUT2D eigenvalue weighted by Gasteiger charge is -2.32. The third-order valence-corrected chi connectivity index (χ3v) is 3.23. The normalized spacial score (nSPS) is 18.7. The molecule has 0 bridgehead atoms. The van der Waals surface area contributed by atoms with Gasteiger partial charge in [0.05, 0.1) is 31.5 Å². The molecule has 2 amide bonds. The number of ether oxygens (including phenoxy) is 1. The summed E-state index contributed by atoms with van der Waals surface area (Å²) in [5.41, 5.74) is 0.726. The Kier molecular flexibility index (Phi) is 3.87. The van der Waals surface area contributed by atoms with Crippen LogP contribution in [0.2, 0.25) is 0 Å². The second-order valence-electron chi connectivity index (χ2n) is 4.93. The number of carbonyl (C=O) groups is 1. The first-order valence-electron chi connectivity index (χ1n) is 6.79. The molecule has 0 aliphatic carbocycles. The molecule has 0 aromatic carbocycles. The van der Waals surface area contributed by atoms with Gasteiger partial charge in [0.15, 0.2) is 0 Å². The quantitative estimate of drug-likeness (QED) is 0.915. The Morgan fingerprint density at radius 3 is 3.19 bits per heavy atom. The average Bonchev–Trinajstić information content (AvgIpc) is 3.11. The van der Waals surface area contributed by atoms with Crippen LogP contribution in [0.15, 0.2) is 29.0 Å². The van der Waals surface area contributed by atoms with Gasteiger partial charge in [-0.05, 0) is 13.0 Å². The summed E-state index contributed by atoms with van der Waals surface area (Å²) in [6.07, 6.45) is 3.53. The number of nitrogens with one attached hydrogen (secondary N) is 1. The van der Waals surface area contributed by atoms with Gasteiger partial charge < -0.3 is 14.2 Å². The van der Waals surface area contributed by atoms with E-state index >= 15 is 0 Å². The van der Waals surface area contributed by atoms with Gasteiger partial charge in [-0.25, -0.2) is 4.79 Å². The van der Waals surface area contributed by atoms with Crippen molar-refractivity contribution in [3.8, 4) is 0 Å². The fraction of sp³-hybridized carbons (Fsp3) is 0.462. The molecule has 8 nitrogen and oxygen atoms in total. The van der Waals surface area contributed by atoms with E-state index in [-0.39, 0.29) is 12.1 Å². The molecule has 0 saturated carbocycles. The van der Waals surface area contributed by atoms with E-state index in [2.05, 4.69) is 15.6 Å². The fourth-order valence-electron chi connectivity index (χ4n) is 2.24. The van der Waals surface area contributed by atoms with Crippen molar-refractivity contribution in [3.05, 3.63) is 30.2 Å². The van der Waals surface area contributed by atoms with Crippen molar-refractivity contribution >= 4 is 11.9 Å². The maximum atomic E-state index is 12.2. The summed E-state index contributed by atoms with van der Waals surface area (Å²) in [6.45, 7) is 3.99.